The summed E-state index contributed by atoms with van der Waals surface area (Å²) in [5.41, 5.74) is 2.31. The molecule has 3 amide bonds. The number of amides is 3. The fourth-order valence-corrected chi connectivity index (χ4v) is 3.62. The minimum absolute atomic E-state index is 0.0874. The molecule has 0 atom stereocenters. The van der Waals surface area contributed by atoms with E-state index in [-0.39, 0.29) is 11.7 Å². The first-order valence-corrected chi connectivity index (χ1v) is 10.0. The second-order valence-electron chi connectivity index (χ2n) is 6.27. The lowest BCUT2D eigenvalue weighted by Crippen LogP contribution is -2.40. The second kappa shape index (κ2) is 9.91. The Kier molecular flexibility index (Phi) is 7.04. The summed E-state index contributed by atoms with van der Waals surface area (Å²) < 4.78 is 1.80. The van der Waals surface area contributed by atoms with E-state index in [1.54, 1.807) is 10.9 Å². The van der Waals surface area contributed by atoms with Crippen LogP contribution in [0.25, 0.3) is 5.69 Å². The number of nitrogens with zero attached hydrogens (tertiary/aromatic N) is 3. The largest absolute Gasteiger partial charge is 0.337 e. The molecule has 1 heterocycles. The van der Waals surface area contributed by atoms with Gasteiger partial charge in [-0.05, 0) is 44.2 Å². The molecule has 0 fully saturated rings. The number of urea groups is 1. The van der Waals surface area contributed by atoms with E-state index in [0.717, 1.165) is 24.9 Å². The quantitative estimate of drug-likeness (QED) is 0.565. The molecular formula is C19H23N5O2S. The molecule has 0 aliphatic heterocycles. The van der Waals surface area contributed by atoms with Crippen LogP contribution in [0.2, 0.25) is 0 Å². The highest BCUT2D eigenvalue weighted by atomic mass is 32.2. The predicted molar refractivity (Wildman–Crippen MR) is 105 cm³/mol. The van der Waals surface area contributed by atoms with Gasteiger partial charge in [-0.15, -0.1) is 10.2 Å². The van der Waals surface area contributed by atoms with Gasteiger partial charge in [-0.1, -0.05) is 41.6 Å². The van der Waals surface area contributed by atoms with Crippen LogP contribution in [0.15, 0.2) is 53.5 Å². The SMILES string of the molecule is O=C(CSc1nncn1-c1ccccc1)NC(=O)NCCC1=CCCCC1. The monoisotopic (exact) mass is 385 g/mol. The van der Waals surface area contributed by atoms with Crippen LogP contribution in [-0.2, 0) is 4.79 Å². The number of para-hydroxylation sites is 1. The third-order valence-corrected chi connectivity index (χ3v) is 5.20. The molecule has 0 spiro atoms. The second-order valence-corrected chi connectivity index (χ2v) is 7.21. The van der Waals surface area contributed by atoms with Crippen molar-refractivity contribution in [3.8, 4) is 5.69 Å². The molecule has 0 unspecified atom stereocenters. The summed E-state index contributed by atoms with van der Waals surface area (Å²) in [5.74, 6) is -0.276. The van der Waals surface area contributed by atoms with E-state index in [9.17, 15) is 9.59 Å². The lowest BCUT2D eigenvalue weighted by molar-refractivity contribution is -0.117. The van der Waals surface area contributed by atoms with Crippen LogP contribution in [0.1, 0.15) is 32.1 Å². The Morgan fingerprint density at radius 3 is 2.81 bits per heavy atom. The van der Waals surface area contributed by atoms with Crippen molar-refractivity contribution in [2.75, 3.05) is 12.3 Å². The summed E-state index contributed by atoms with van der Waals surface area (Å²) in [4.78, 5) is 23.8. The van der Waals surface area contributed by atoms with Crippen LogP contribution in [0.3, 0.4) is 0 Å². The zero-order valence-electron chi connectivity index (χ0n) is 15.1. The minimum Gasteiger partial charge on any atom is -0.337 e. The fraction of sp³-hybridized carbons (Fsp3) is 0.368. The number of hydrogen-bond acceptors (Lipinski definition) is 5. The van der Waals surface area contributed by atoms with Crippen molar-refractivity contribution in [1.82, 2.24) is 25.4 Å². The number of nitrogens with one attached hydrogen (secondary N) is 2. The lowest BCUT2D eigenvalue weighted by Gasteiger charge is -2.13. The van der Waals surface area contributed by atoms with Crippen molar-refractivity contribution in [1.29, 1.82) is 0 Å². The van der Waals surface area contributed by atoms with Crippen LogP contribution in [0.5, 0.6) is 0 Å². The normalized spacial score (nSPS) is 13.7. The van der Waals surface area contributed by atoms with Crippen LogP contribution in [0, 0.1) is 0 Å². The zero-order valence-corrected chi connectivity index (χ0v) is 15.9. The van der Waals surface area contributed by atoms with Gasteiger partial charge in [0.05, 0.1) is 5.75 Å². The van der Waals surface area contributed by atoms with E-state index < -0.39 is 6.03 Å². The summed E-state index contributed by atoms with van der Waals surface area (Å²) in [7, 11) is 0. The van der Waals surface area contributed by atoms with Gasteiger partial charge in [-0.2, -0.15) is 0 Å². The molecule has 1 aliphatic carbocycles. The predicted octanol–water partition coefficient (Wildman–Crippen LogP) is 3.08. The Morgan fingerprint density at radius 1 is 1.19 bits per heavy atom. The van der Waals surface area contributed by atoms with Gasteiger partial charge < -0.3 is 5.32 Å². The van der Waals surface area contributed by atoms with Crippen molar-refractivity contribution in [2.45, 2.75) is 37.3 Å². The van der Waals surface area contributed by atoms with Crippen LogP contribution in [-0.4, -0.2) is 39.0 Å². The summed E-state index contributed by atoms with van der Waals surface area (Å²) in [6.07, 6.45) is 9.42. The van der Waals surface area contributed by atoms with E-state index in [4.69, 9.17) is 0 Å². The number of rotatable bonds is 7. The molecule has 2 aromatic rings. The smallest absolute Gasteiger partial charge is 0.321 e. The Balaban J connectivity index is 1.40. The van der Waals surface area contributed by atoms with Gasteiger partial charge in [0.2, 0.25) is 5.91 Å². The summed E-state index contributed by atoms with van der Waals surface area (Å²) >= 11 is 1.23. The Morgan fingerprint density at radius 2 is 2.04 bits per heavy atom. The number of allylic oxidation sites excluding steroid dienone is 1. The first-order chi connectivity index (χ1) is 13.2. The van der Waals surface area contributed by atoms with E-state index >= 15 is 0 Å². The molecule has 2 N–H and O–H groups in total. The van der Waals surface area contributed by atoms with Crippen molar-refractivity contribution in [2.24, 2.45) is 0 Å². The molecule has 27 heavy (non-hydrogen) atoms. The van der Waals surface area contributed by atoms with Crippen molar-refractivity contribution in [3.63, 3.8) is 0 Å². The van der Waals surface area contributed by atoms with Gasteiger partial charge in [-0.3, -0.25) is 14.7 Å². The lowest BCUT2D eigenvalue weighted by atomic mass is 9.97. The van der Waals surface area contributed by atoms with Gasteiger partial charge in [0.1, 0.15) is 6.33 Å². The minimum atomic E-state index is -0.457. The number of carbonyl (C=O) groups is 2. The topological polar surface area (TPSA) is 88.9 Å². The molecule has 8 heteroatoms. The van der Waals surface area contributed by atoms with E-state index in [1.807, 2.05) is 30.3 Å². The van der Waals surface area contributed by atoms with E-state index in [1.165, 1.54) is 30.2 Å². The Hall–Kier alpha value is -2.61. The van der Waals surface area contributed by atoms with Gasteiger partial charge in [-0.25, -0.2) is 4.79 Å². The molecule has 0 bridgehead atoms. The Bertz CT molecular complexity index is 803. The molecule has 0 radical (unpaired) electrons. The maximum atomic E-state index is 12.0. The van der Waals surface area contributed by atoms with Crippen LogP contribution < -0.4 is 10.6 Å². The standard InChI is InChI=1S/C19H23N5O2S/c25-17(22-18(26)20-12-11-15-7-3-1-4-8-15)13-27-19-23-21-14-24(19)16-9-5-2-6-10-16/h2,5-7,9-10,14H,1,3-4,8,11-13H2,(H2,20,22,25,26). The maximum absolute atomic E-state index is 12.0. The van der Waals surface area contributed by atoms with Crippen LogP contribution in [0.4, 0.5) is 4.79 Å². The molecular weight excluding hydrogens is 362 g/mol. The molecule has 0 saturated carbocycles. The number of benzene rings is 1. The third-order valence-electron chi connectivity index (χ3n) is 4.25. The summed E-state index contributed by atoms with van der Waals surface area (Å²) in [5, 5.41) is 13.6. The first-order valence-electron chi connectivity index (χ1n) is 9.06. The van der Waals surface area contributed by atoms with E-state index in [2.05, 4.69) is 26.9 Å². The average molecular weight is 385 g/mol. The van der Waals surface area contributed by atoms with Gasteiger partial charge in [0.25, 0.3) is 0 Å². The van der Waals surface area contributed by atoms with Gasteiger partial charge in [0.15, 0.2) is 5.16 Å². The van der Waals surface area contributed by atoms with Crippen molar-refractivity contribution in [3.05, 3.63) is 48.3 Å². The number of hydrogen-bond donors (Lipinski definition) is 2. The molecule has 3 rings (SSSR count). The van der Waals surface area contributed by atoms with Crippen molar-refractivity contribution >= 4 is 23.7 Å². The molecule has 1 aromatic carbocycles. The van der Waals surface area contributed by atoms with Crippen molar-refractivity contribution < 1.29 is 9.59 Å². The molecule has 7 nitrogen and oxygen atoms in total. The number of thioether (sulfide) groups is 1. The highest BCUT2D eigenvalue weighted by Gasteiger charge is 2.12. The third kappa shape index (κ3) is 5.96. The average Bonchev–Trinajstić information content (AvgIpc) is 3.16. The Labute approximate surface area is 162 Å². The molecule has 1 aromatic heterocycles. The number of aromatic nitrogens is 3. The van der Waals surface area contributed by atoms with Gasteiger partial charge >= 0.3 is 6.03 Å². The zero-order chi connectivity index (χ0) is 18.9. The number of carbonyl (C=O) groups excluding carboxylic acids is 2. The van der Waals surface area contributed by atoms with Crippen LogP contribution >= 0.6 is 11.8 Å². The molecule has 142 valence electrons. The highest BCUT2D eigenvalue weighted by molar-refractivity contribution is 7.99. The molecule has 1 aliphatic rings. The maximum Gasteiger partial charge on any atom is 0.321 e. The summed E-state index contributed by atoms with van der Waals surface area (Å²) in [6, 6.07) is 9.18. The van der Waals surface area contributed by atoms with E-state index in [0.29, 0.717) is 11.7 Å². The fourth-order valence-electron chi connectivity index (χ4n) is 2.89. The van der Waals surface area contributed by atoms with Gasteiger partial charge in [0, 0.05) is 12.2 Å². The first kappa shape index (κ1) is 19.2. The number of imide groups is 1. The summed E-state index contributed by atoms with van der Waals surface area (Å²) in [6.45, 7) is 0.542. The highest BCUT2D eigenvalue weighted by Crippen LogP contribution is 2.20. The molecule has 0 saturated heterocycles.